The maximum absolute atomic E-state index is 10.0. The minimum atomic E-state index is -0.213. The van der Waals surface area contributed by atoms with Crippen LogP contribution in [-0.2, 0) is 9.53 Å². The van der Waals surface area contributed by atoms with Gasteiger partial charge in [-0.2, -0.15) is 0 Å². The van der Waals surface area contributed by atoms with Gasteiger partial charge in [-0.3, -0.25) is 4.79 Å². The number of primary amides is 1. The highest BCUT2D eigenvalue weighted by atomic mass is 16.5. The molecule has 0 aromatic rings. The van der Waals surface area contributed by atoms with Crippen molar-refractivity contribution in [3.63, 3.8) is 0 Å². The number of aliphatic hydroxyl groups excluding tert-OH is 1. The van der Waals surface area contributed by atoms with Gasteiger partial charge in [0.2, 0.25) is 5.91 Å². The lowest BCUT2D eigenvalue weighted by Crippen LogP contribution is -2.23. The first-order valence-electron chi connectivity index (χ1n) is 5.19. The lowest BCUT2D eigenvalue weighted by Gasteiger charge is -2.20. The number of hydrogen-bond donors (Lipinski definition) is 2. The number of nitrogens with two attached hydrogens (primary N) is 1. The topological polar surface area (TPSA) is 72.6 Å². The average Bonchev–Trinajstić information content (AvgIpc) is 2.02. The molecule has 0 aromatic heterocycles. The Hall–Kier alpha value is -0.610. The highest BCUT2D eigenvalue weighted by Gasteiger charge is 2.13. The molecule has 15 heavy (non-hydrogen) atoms. The Morgan fingerprint density at radius 3 is 2.00 bits per heavy atom. The fourth-order valence-electron chi connectivity index (χ4n) is 0.774. The van der Waals surface area contributed by atoms with Gasteiger partial charge in [0.25, 0.3) is 0 Å². The van der Waals surface area contributed by atoms with Gasteiger partial charge in [0, 0.05) is 20.1 Å². The smallest absolute Gasteiger partial charge is 0.217 e. The highest BCUT2D eigenvalue weighted by molar-refractivity contribution is 5.73. The Balaban J connectivity index is 0. The Morgan fingerprint density at radius 1 is 1.47 bits per heavy atom. The number of hydrogen-bond acceptors (Lipinski definition) is 3. The van der Waals surface area contributed by atoms with E-state index in [0.717, 1.165) is 0 Å². The maximum atomic E-state index is 10.0. The van der Waals surface area contributed by atoms with E-state index in [4.69, 9.17) is 15.6 Å². The normalized spacial score (nSPS) is 10.9. The van der Waals surface area contributed by atoms with Crippen LogP contribution < -0.4 is 5.73 Å². The molecule has 0 radical (unpaired) electrons. The zero-order valence-corrected chi connectivity index (χ0v) is 10.5. The van der Waals surface area contributed by atoms with Crippen LogP contribution in [0.1, 0.15) is 40.5 Å². The van der Waals surface area contributed by atoms with Crippen LogP contribution in [-0.4, -0.2) is 30.3 Å². The second-order valence-electron chi connectivity index (χ2n) is 4.50. The molecule has 0 heterocycles. The summed E-state index contributed by atoms with van der Waals surface area (Å²) in [6.07, 6.45) is 1.20. The minimum absolute atomic E-state index is 0.158. The van der Waals surface area contributed by atoms with E-state index < -0.39 is 0 Å². The lowest BCUT2D eigenvalue weighted by atomic mass is 10.1. The van der Waals surface area contributed by atoms with Crippen molar-refractivity contribution >= 4 is 5.91 Å². The van der Waals surface area contributed by atoms with Crippen molar-refractivity contribution in [2.24, 2.45) is 11.7 Å². The Kier molecular flexibility index (Phi) is 9.72. The van der Waals surface area contributed by atoms with E-state index in [2.05, 4.69) is 0 Å². The molecule has 0 aliphatic heterocycles. The summed E-state index contributed by atoms with van der Waals surface area (Å²) in [4.78, 5) is 10.0. The van der Waals surface area contributed by atoms with Crippen LogP contribution in [0, 0.1) is 5.92 Å². The Labute approximate surface area is 92.8 Å². The van der Waals surface area contributed by atoms with Crippen LogP contribution in [0.4, 0.5) is 0 Å². The molecule has 0 bridgehead atoms. The quantitative estimate of drug-likeness (QED) is 0.732. The van der Waals surface area contributed by atoms with E-state index in [0.29, 0.717) is 18.8 Å². The fraction of sp³-hybridized carbons (Fsp3) is 0.909. The van der Waals surface area contributed by atoms with E-state index in [1.165, 1.54) is 0 Å². The molecule has 0 fully saturated rings. The van der Waals surface area contributed by atoms with Gasteiger partial charge in [-0.25, -0.2) is 0 Å². The summed E-state index contributed by atoms with van der Waals surface area (Å²) in [7, 11) is 1.65. The molecular weight excluding hydrogens is 194 g/mol. The standard InChI is InChI=1S/C6H14O2.C5H11NO/c1-6(2,8-3)4-5-7;1-4(2)3-5(6)7/h7H,4-5H2,1-3H3;4H,3H2,1-2H3,(H2,6,7). The molecule has 0 saturated carbocycles. The van der Waals surface area contributed by atoms with Crippen molar-refractivity contribution in [2.45, 2.75) is 46.1 Å². The molecule has 4 heteroatoms. The predicted octanol–water partition coefficient (Wildman–Crippen LogP) is 1.31. The Morgan fingerprint density at radius 2 is 1.93 bits per heavy atom. The minimum Gasteiger partial charge on any atom is -0.396 e. The monoisotopic (exact) mass is 219 g/mol. The van der Waals surface area contributed by atoms with Crippen LogP contribution in [0.3, 0.4) is 0 Å². The molecule has 1 amide bonds. The molecule has 0 aliphatic carbocycles. The van der Waals surface area contributed by atoms with Crippen molar-refractivity contribution < 1.29 is 14.6 Å². The average molecular weight is 219 g/mol. The van der Waals surface area contributed by atoms with Gasteiger partial charge in [0.05, 0.1) is 5.60 Å². The van der Waals surface area contributed by atoms with E-state index in [9.17, 15) is 4.79 Å². The summed E-state index contributed by atoms with van der Waals surface area (Å²) in [5, 5.41) is 8.45. The summed E-state index contributed by atoms with van der Waals surface area (Å²) in [6.45, 7) is 8.02. The number of methoxy groups -OCH3 is 1. The fourth-order valence-corrected chi connectivity index (χ4v) is 0.774. The van der Waals surface area contributed by atoms with Gasteiger partial charge in [-0.1, -0.05) is 13.8 Å². The molecule has 0 aromatic carbocycles. The van der Waals surface area contributed by atoms with Gasteiger partial charge in [0.15, 0.2) is 0 Å². The molecule has 0 atom stereocenters. The summed E-state index contributed by atoms with van der Waals surface area (Å²) in [6, 6.07) is 0. The van der Waals surface area contributed by atoms with E-state index in [1.54, 1.807) is 7.11 Å². The molecule has 0 unspecified atom stereocenters. The van der Waals surface area contributed by atoms with Crippen molar-refractivity contribution in [2.75, 3.05) is 13.7 Å². The second-order valence-corrected chi connectivity index (χ2v) is 4.50. The highest BCUT2D eigenvalue weighted by Crippen LogP contribution is 2.10. The van der Waals surface area contributed by atoms with Crippen LogP contribution in [0.15, 0.2) is 0 Å². The van der Waals surface area contributed by atoms with Crippen LogP contribution in [0.25, 0.3) is 0 Å². The molecule has 0 rings (SSSR count). The third-order valence-electron chi connectivity index (χ3n) is 1.88. The van der Waals surface area contributed by atoms with Crippen LogP contribution in [0.2, 0.25) is 0 Å². The predicted molar refractivity (Wildman–Crippen MR) is 61.4 cm³/mol. The second kappa shape index (κ2) is 8.68. The first kappa shape index (κ1) is 16.8. The Bertz CT molecular complexity index is 167. The van der Waals surface area contributed by atoms with Crippen LogP contribution >= 0.6 is 0 Å². The molecule has 0 aliphatic rings. The summed E-state index contributed by atoms with van der Waals surface area (Å²) in [5.41, 5.74) is 4.70. The van der Waals surface area contributed by atoms with Gasteiger partial charge in [-0.15, -0.1) is 0 Å². The van der Waals surface area contributed by atoms with Gasteiger partial charge >= 0.3 is 0 Å². The first-order chi connectivity index (χ1) is 6.75. The summed E-state index contributed by atoms with van der Waals surface area (Å²) < 4.78 is 5.02. The molecule has 3 N–H and O–H groups in total. The number of carbonyl (C=O) groups is 1. The van der Waals surface area contributed by atoms with Crippen LogP contribution in [0.5, 0.6) is 0 Å². The number of aliphatic hydroxyl groups is 1. The molecule has 0 saturated heterocycles. The summed E-state index contributed by atoms with van der Waals surface area (Å²) in [5.74, 6) is 0.188. The third-order valence-corrected chi connectivity index (χ3v) is 1.88. The molecule has 92 valence electrons. The van der Waals surface area contributed by atoms with Crippen molar-refractivity contribution in [3.05, 3.63) is 0 Å². The van der Waals surface area contributed by atoms with Crippen molar-refractivity contribution in [1.29, 1.82) is 0 Å². The van der Waals surface area contributed by atoms with Gasteiger partial charge in [0.1, 0.15) is 0 Å². The molecule has 0 spiro atoms. The van der Waals surface area contributed by atoms with Gasteiger partial charge in [-0.05, 0) is 26.2 Å². The number of amides is 1. The lowest BCUT2D eigenvalue weighted by molar-refractivity contribution is -0.118. The first-order valence-corrected chi connectivity index (χ1v) is 5.19. The number of rotatable bonds is 5. The maximum Gasteiger partial charge on any atom is 0.217 e. The van der Waals surface area contributed by atoms with E-state index in [1.807, 2.05) is 27.7 Å². The van der Waals surface area contributed by atoms with E-state index in [-0.39, 0.29) is 18.1 Å². The zero-order valence-electron chi connectivity index (χ0n) is 10.5. The largest absolute Gasteiger partial charge is 0.396 e. The number of carbonyl (C=O) groups excluding carboxylic acids is 1. The molecule has 4 nitrogen and oxygen atoms in total. The van der Waals surface area contributed by atoms with Crippen molar-refractivity contribution in [3.8, 4) is 0 Å². The summed E-state index contributed by atoms with van der Waals surface area (Å²) >= 11 is 0. The SMILES string of the molecule is CC(C)CC(N)=O.COC(C)(C)CCO. The zero-order chi connectivity index (χ0) is 12.5. The third kappa shape index (κ3) is 16.1. The molecular formula is C11H25NO3. The van der Waals surface area contributed by atoms with E-state index >= 15 is 0 Å². The number of ether oxygens (including phenoxy) is 1. The van der Waals surface area contributed by atoms with Gasteiger partial charge < -0.3 is 15.6 Å². The van der Waals surface area contributed by atoms with Crippen molar-refractivity contribution in [1.82, 2.24) is 0 Å².